The number of halogens is 3. The standard InChI is InChI=1S/C29H32ClF2N7O2S.3C4H4O4/c1-37-10-12-38(13-11-37)19-3-5-20(6-4-19)39-16-22(27-28(33)34-17-35-29(27)39)18-2-9-26(25(32)14-18)36-42(40,41)21-7-8-24(31)23(30)15-21;3*5-3(6)1-2-4(7)8/h2,7-9,14-17,19-20,36H,3-6,10-13H2,1H3,(H2,33,34,35);3*1-2H,(H,5,6)(H,7,8)/b;3*2-1-. The van der Waals surface area contributed by atoms with Crippen LogP contribution in [0.25, 0.3) is 22.2 Å². The van der Waals surface area contributed by atoms with Gasteiger partial charge in [0.25, 0.3) is 10.0 Å². The first-order chi connectivity index (χ1) is 31.0. The number of piperazine rings is 1. The number of benzene rings is 2. The van der Waals surface area contributed by atoms with Gasteiger partial charge in [0.05, 0.1) is 21.0 Å². The van der Waals surface area contributed by atoms with E-state index < -0.39 is 57.5 Å². The second-order valence-corrected chi connectivity index (χ2v) is 16.2. The van der Waals surface area contributed by atoms with Crippen molar-refractivity contribution in [1.82, 2.24) is 24.3 Å². The molecule has 0 radical (unpaired) electrons. The number of fused-ring (bicyclic) bond motifs is 1. The lowest BCUT2D eigenvalue weighted by atomic mass is 9.89. The summed E-state index contributed by atoms with van der Waals surface area (Å²) in [5, 5.41) is 47.2. The number of likely N-dealkylation sites (N-methyl/N-ethyl adjacent to an activating group) is 1. The Morgan fingerprint density at radius 1 is 0.712 bits per heavy atom. The molecule has 25 heteroatoms. The van der Waals surface area contributed by atoms with Gasteiger partial charge in [-0.05, 0) is 68.6 Å². The third kappa shape index (κ3) is 16.7. The van der Waals surface area contributed by atoms with Crippen LogP contribution in [-0.4, -0.2) is 138 Å². The monoisotopic (exact) mass is 963 g/mol. The van der Waals surface area contributed by atoms with Gasteiger partial charge < -0.3 is 45.8 Å². The molecule has 1 aliphatic carbocycles. The van der Waals surface area contributed by atoms with E-state index in [0.29, 0.717) is 70.5 Å². The molecule has 2 aromatic carbocycles. The Bertz CT molecular complexity index is 2500. The fraction of sp³-hybridized carbons (Fsp3) is 0.268. The van der Waals surface area contributed by atoms with Gasteiger partial charge in [0.2, 0.25) is 0 Å². The van der Waals surface area contributed by atoms with Crippen molar-refractivity contribution in [3.8, 4) is 11.1 Å². The van der Waals surface area contributed by atoms with E-state index in [-0.39, 0.29) is 21.6 Å². The Morgan fingerprint density at radius 2 is 1.20 bits per heavy atom. The van der Waals surface area contributed by atoms with Crippen LogP contribution >= 0.6 is 11.6 Å². The van der Waals surface area contributed by atoms with E-state index in [1.165, 1.54) is 18.5 Å². The summed E-state index contributed by atoms with van der Waals surface area (Å²) in [4.78, 5) is 70.7. The van der Waals surface area contributed by atoms with Gasteiger partial charge in [-0.2, -0.15) is 0 Å². The van der Waals surface area contributed by atoms with Crippen LogP contribution in [0.5, 0.6) is 0 Å². The maximum atomic E-state index is 15.3. The second-order valence-electron chi connectivity index (χ2n) is 14.1. The summed E-state index contributed by atoms with van der Waals surface area (Å²) in [5.74, 6) is -8.79. The average molecular weight is 964 g/mol. The topological polar surface area (TPSA) is 333 Å². The molecule has 2 aromatic heterocycles. The molecule has 0 amide bonds. The molecule has 1 aliphatic heterocycles. The Kier molecular flexibility index (Phi) is 19.9. The summed E-state index contributed by atoms with van der Waals surface area (Å²) in [5.41, 5.74) is 7.93. The first kappa shape index (κ1) is 53.1. The summed E-state index contributed by atoms with van der Waals surface area (Å²) < 4.78 is 58.8. The lowest BCUT2D eigenvalue weighted by molar-refractivity contribution is -0.134. The van der Waals surface area contributed by atoms with Crippen molar-refractivity contribution >= 4 is 80.0 Å². The predicted molar refractivity (Wildman–Crippen MR) is 233 cm³/mol. The SMILES string of the molecule is CN1CCN(C2CCC(n3cc(-c4ccc(NS(=O)(=O)c5ccc(F)c(Cl)c5)c(F)c4)c4c(N)ncnc43)CC2)CC1.O=C(O)/C=C\C(=O)O.O=C(O)/C=C\C(=O)O.O=C(O)/C=C\C(=O)O. The van der Waals surface area contributed by atoms with Crippen LogP contribution in [0.3, 0.4) is 0 Å². The number of aliphatic carboxylic acids is 6. The highest BCUT2D eigenvalue weighted by Crippen LogP contribution is 2.40. The highest BCUT2D eigenvalue weighted by atomic mass is 35.5. The third-order valence-electron chi connectivity index (χ3n) is 9.58. The van der Waals surface area contributed by atoms with Crippen molar-refractivity contribution in [3.05, 3.63) is 102 Å². The maximum Gasteiger partial charge on any atom is 0.328 e. The molecule has 66 heavy (non-hydrogen) atoms. The molecule has 3 heterocycles. The van der Waals surface area contributed by atoms with E-state index in [2.05, 4.69) is 36.1 Å². The molecule has 1 saturated heterocycles. The van der Waals surface area contributed by atoms with Crippen molar-refractivity contribution in [3.63, 3.8) is 0 Å². The zero-order valence-corrected chi connectivity index (χ0v) is 36.3. The smallest absolute Gasteiger partial charge is 0.328 e. The van der Waals surface area contributed by atoms with Gasteiger partial charge >= 0.3 is 35.8 Å². The number of nitrogens with two attached hydrogens (primary N) is 1. The first-order valence-electron chi connectivity index (χ1n) is 19.2. The highest BCUT2D eigenvalue weighted by Gasteiger charge is 2.30. The fourth-order valence-electron chi connectivity index (χ4n) is 6.54. The molecule has 354 valence electrons. The van der Waals surface area contributed by atoms with Gasteiger partial charge in [-0.25, -0.2) is 55.9 Å². The molecule has 2 aliphatic rings. The molecular formula is C41H44ClF2N7O14S. The van der Waals surface area contributed by atoms with Crippen molar-refractivity contribution in [1.29, 1.82) is 0 Å². The number of carboxylic acids is 6. The van der Waals surface area contributed by atoms with Crippen LogP contribution in [0, 0.1) is 11.6 Å². The zero-order chi connectivity index (χ0) is 49.3. The molecule has 0 spiro atoms. The normalized spacial score (nSPS) is 16.6. The molecule has 0 unspecified atom stereocenters. The quantitative estimate of drug-likeness (QED) is 0.0919. The molecule has 2 fully saturated rings. The number of nitrogens with zero attached hydrogens (tertiary/aromatic N) is 5. The number of hydrogen-bond acceptors (Lipinski definition) is 13. The number of nitrogen functional groups attached to an aromatic ring is 1. The van der Waals surface area contributed by atoms with Crippen LogP contribution in [0.1, 0.15) is 31.7 Å². The van der Waals surface area contributed by atoms with Crippen LogP contribution < -0.4 is 10.5 Å². The predicted octanol–water partition coefficient (Wildman–Crippen LogP) is 4.28. The van der Waals surface area contributed by atoms with Crippen molar-refractivity contribution in [2.75, 3.05) is 43.7 Å². The summed E-state index contributed by atoms with van der Waals surface area (Å²) in [6.45, 7) is 4.39. The maximum absolute atomic E-state index is 15.3. The Balaban J connectivity index is 0.000000394. The number of carboxylic acid groups (broad SMARTS) is 6. The largest absolute Gasteiger partial charge is 0.478 e. The Morgan fingerprint density at radius 3 is 1.65 bits per heavy atom. The summed E-state index contributed by atoms with van der Waals surface area (Å²) in [6.07, 6.45) is 10.9. The number of hydrogen-bond donors (Lipinski definition) is 8. The third-order valence-corrected chi connectivity index (χ3v) is 11.2. The highest BCUT2D eigenvalue weighted by molar-refractivity contribution is 7.92. The van der Waals surface area contributed by atoms with E-state index in [1.54, 1.807) is 6.07 Å². The Labute approximate surface area is 379 Å². The molecule has 21 nitrogen and oxygen atoms in total. The minimum Gasteiger partial charge on any atom is -0.478 e. The molecular weight excluding hydrogens is 920 g/mol. The van der Waals surface area contributed by atoms with E-state index >= 15 is 4.39 Å². The van der Waals surface area contributed by atoms with Crippen molar-refractivity contribution in [2.24, 2.45) is 0 Å². The minimum absolute atomic E-state index is 0.220. The molecule has 0 atom stereocenters. The van der Waals surface area contributed by atoms with Gasteiger partial charge in [0.15, 0.2) is 0 Å². The summed E-state index contributed by atoms with van der Waals surface area (Å²) in [7, 11) is -2.05. The molecule has 1 saturated carbocycles. The minimum atomic E-state index is -4.21. The number of nitrogens with one attached hydrogen (secondary N) is 1. The van der Waals surface area contributed by atoms with Gasteiger partial charge in [-0.3, -0.25) is 9.62 Å². The Hall–Kier alpha value is -7.28. The lowest BCUT2D eigenvalue weighted by Gasteiger charge is -2.41. The number of aromatic nitrogens is 3. The zero-order valence-electron chi connectivity index (χ0n) is 34.7. The van der Waals surface area contributed by atoms with Crippen molar-refractivity contribution in [2.45, 2.75) is 42.7 Å². The van der Waals surface area contributed by atoms with Gasteiger partial charge in [-0.1, -0.05) is 17.7 Å². The number of rotatable bonds is 12. The van der Waals surface area contributed by atoms with Gasteiger partial charge in [-0.15, -0.1) is 0 Å². The van der Waals surface area contributed by atoms with Crippen LogP contribution in [0.15, 0.2) is 90.3 Å². The van der Waals surface area contributed by atoms with E-state index in [4.69, 9.17) is 48.0 Å². The van der Waals surface area contributed by atoms with Gasteiger partial charge in [0.1, 0.15) is 29.4 Å². The summed E-state index contributed by atoms with van der Waals surface area (Å²) in [6, 6.07) is 7.99. The number of sulfonamides is 1. The van der Waals surface area contributed by atoms with Crippen LogP contribution in [-0.2, 0) is 38.8 Å². The van der Waals surface area contributed by atoms with E-state index in [1.807, 2.05) is 6.20 Å². The van der Waals surface area contributed by atoms with Crippen LogP contribution in [0.2, 0.25) is 5.02 Å². The number of carbonyl (C=O) groups is 6. The van der Waals surface area contributed by atoms with Gasteiger partial charge in [0, 0.05) is 86.5 Å². The first-order valence-corrected chi connectivity index (χ1v) is 21.1. The number of anilines is 2. The molecule has 4 aromatic rings. The molecule has 9 N–H and O–H groups in total. The average Bonchev–Trinajstić information content (AvgIpc) is 3.65. The summed E-state index contributed by atoms with van der Waals surface area (Å²) >= 11 is 5.74. The molecule has 6 rings (SSSR count). The van der Waals surface area contributed by atoms with E-state index in [9.17, 15) is 41.6 Å². The second kappa shape index (κ2) is 24.7. The molecule has 0 bridgehead atoms. The van der Waals surface area contributed by atoms with Crippen LogP contribution in [0.4, 0.5) is 20.3 Å². The van der Waals surface area contributed by atoms with E-state index in [0.717, 1.165) is 70.1 Å². The van der Waals surface area contributed by atoms with Crippen molar-refractivity contribution < 1.29 is 76.6 Å². The lowest BCUT2D eigenvalue weighted by Crippen LogP contribution is -2.49. The fourth-order valence-corrected chi connectivity index (χ4v) is 7.87.